The van der Waals surface area contributed by atoms with Crippen LogP contribution in [0.5, 0.6) is 0 Å². The molecule has 0 fully saturated rings. The number of nitriles is 2. The molecule has 0 N–H and O–H groups in total. The van der Waals surface area contributed by atoms with Crippen molar-refractivity contribution in [2.45, 2.75) is 15.2 Å². The molecule has 56 heavy (non-hydrogen) atoms. The molecule has 0 amide bonds. The molecule has 4 aromatic heterocycles. The average Bonchev–Trinajstić information content (AvgIpc) is 3.87. The standard InChI is InChI=1S/C49H26N6S/c50-26-29-15-18-43-35(22-29)36-23-30(27-51)16-19-44(36)54(43)31-17-20-46-39(24-31)49(37-10-3-6-14-45(37)56-46)38-11-7-21-52-47(38)48-40(49)25-32(28-53-48)55-41-12-4-1-8-33(41)34-9-2-5-13-42(34)55/h1-25,28H. The fourth-order valence-corrected chi connectivity index (χ4v) is 10.7. The lowest BCUT2D eigenvalue weighted by molar-refractivity contribution is 0.717. The van der Waals surface area contributed by atoms with Crippen molar-refractivity contribution in [1.82, 2.24) is 19.1 Å². The summed E-state index contributed by atoms with van der Waals surface area (Å²) in [7, 11) is 0. The Morgan fingerprint density at radius 2 is 1.04 bits per heavy atom. The maximum atomic E-state index is 9.85. The number of pyridine rings is 2. The number of hydrogen-bond donors (Lipinski definition) is 0. The summed E-state index contributed by atoms with van der Waals surface area (Å²) in [4.78, 5) is 12.7. The van der Waals surface area contributed by atoms with Gasteiger partial charge in [-0.05, 0) is 102 Å². The van der Waals surface area contributed by atoms with Crippen LogP contribution in [-0.2, 0) is 5.41 Å². The molecule has 1 aliphatic carbocycles. The number of para-hydroxylation sites is 2. The lowest BCUT2D eigenvalue weighted by atomic mass is 9.67. The zero-order valence-corrected chi connectivity index (χ0v) is 30.4. The second kappa shape index (κ2) is 11.3. The molecule has 1 spiro atoms. The maximum absolute atomic E-state index is 9.85. The minimum atomic E-state index is -0.728. The molecule has 12 rings (SSSR count). The third-order valence-electron chi connectivity index (χ3n) is 11.7. The van der Waals surface area contributed by atoms with Crippen molar-refractivity contribution in [2.75, 3.05) is 0 Å². The number of benzene rings is 6. The Labute approximate surface area is 325 Å². The van der Waals surface area contributed by atoms with E-state index in [4.69, 9.17) is 9.97 Å². The van der Waals surface area contributed by atoms with E-state index >= 15 is 0 Å². The van der Waals surface area contributed by atoms with Gasteiger partial charge in [-0.3, -0.25) is 9.97 Å². The molecule has 258 valence electrons. The monoisotopic (exact) mass is 730 g/mol. The molecular weight excluding hydrogens is 705 g/mol. The van der Waals surface area contributed by atoms with Gasteiger partial charge in [0, 0.05) is 48.8 Å². The van der Waals surface area contributed by atoms with E-state index < -0.39 is 5.41 Å². The number of rotatable bonds is 2. The van der Waals surface area contributed by atoms with Gasteiger partial charge in [0.25, 0.3) is 0 Å². The number of nitrogens with zero attached hydrogens (tertiary/aromatic N) is 6. The predicted octanol–water partition coefficient (Wildman–Crippen LogP) is 11.2. The molecule has 7 heteroatoms. The van der Waals surface area contributed by atoms with Crippen LogP contribution in [0.4, 0.5) is 0 Å². The lowest BCUT2D eigenvalue weighted by Gasteiger charge is -2.39. The van der Waals surface area contributed by atoms with E-state index in [1.165, 1.54) is 21.2 Å². The molecule has 2 aliphatic rings. The highest BCUT2D eigenvalue weighted by molar-refractivity contribution is 7.99. The lowest BCUT2D eigenvalue weighted by Crippen LogP contribution is -2.32. The van der Waals surface area contributed by atoms with Crippen LogP contribution in [0.3, 0.4) is 0 Å². The molecule has 0 saturated heterocycles. The van der Waals surface area contributed by atoms with Crippen molar-refractivity contribution in [2.24, 2.45) is 0 Å². The number of aromatic nitrogens is 4. The van der Waals surface area contributed by atoms with Crippen LogP contribution in [0, 0.1) is 22.7 Å². The molecule has 6 aromatic carbocycles. The van der Waals surface area contributed by atoms with Crippen LogP contribution in [0.1, 0.15) is 33.4 Å². The highest BCUT2D eigenvalue weighted by atomic mass is 32.2. The van der Waals surface area contributed by atoms with Crippen LogP contribution in [-0.4, -0.2) is 19.1 Å². The molecule has 1 unspecified atom stereocenters. The molecule has 0 saturated carbocycles. The quantitative estimate of drug-likeness (QED) is 0.177. The van der Waals surface area contributed by atoms with E-state index in [2.05, 4.69) is 124 Å². The van der Waals surface area contributed by atoms with Gasteiger partial charge in [-0.2, -0.15) is 10.5 Å². The van der Waals surface area contributed by atoms with Crippen LogP contribution in [0.15, 0.2) is 168 Å². The second-order valence-corrected chi connectivity index (χ2v) is 15.5. The zero-order chi connectivity index (χ0) is 37.1. The van der Waals surface area contributed by atoms with E-state index in [0.717, 1.165) is 77.2 Å². The Bertz CT molecular complexity index is 3330. The first-order chi connectivity index (χ1) is 27.7. The van der Waals surface area contributed by atoms with Gasteiger partial charge in [-0.1, -0.05) is 72.4 Å². The predicted molar refractivity (Wildman–Crippen MR) is 222 cm³/mol. The van der Waals surface area contributed by atoms with E-state index in [-0.39, 0.29) is 0 Å². The third-order valence-corrected chi connectivity index (χ3v) is 12.9. The van der Waals surface area contributed by atoms with Gasteiger partial charge in [0.2, 0.25) is 0 Å². The van der Waals surface area contributed by atoms with Gasteiger partial charge in [0.1, 0.15) is 0 Å². The van der Waals surface area contributed by atoms with Gasteiger partial charge < -0.3 is 9.13 Å². The van der Waals surface area contributed by atoms with Crippen molar-refractivity contribution < 1.29 is 0 Å². The Kier molecular flexibility index (Phi) is 6.24. The molecule has 10 aromatic rings. The summed E-state index contributed by atoms with van der Waals surface area (Å²) in [5.74, 6) is 0. The van der Waals surface area contributed by atoms with Crippen molar-refractivity contribution in [3.05, 3.63) is 191 Å². The highest BCUT2D eigenvalue weighted by Gasteiger charge is 2.52. The third kappa shape index (κ3) is 3.94. The Morgan fingerprint density at radius 1 is 0.464 bits per heavy atom. The van der Waals surface area contributed by atoms with E-state index in [0.29, 0.717) is 11.1 Å². The van der Waals surface area contributed by atoms with Gasteiger partial charge in [0.05, 0.1) is 74.0 Å². The molecule has 1 atom stereocenters. The van der Waals surface area contributed by atoms with Crippen molar-refractivity contribution in [3.63, 3.8) is 0 Å². The normalized spacial score (nSPS) is 15.1. The molecule has 1 aliphatic heterocycles. The van der Waals surface area contributed by atoms with E-state index in [1.54, 1.807) is 11.8 Å². The van der Waals surface area contributed by atoms with E-state index in [9.17, 15) is 10.5 Å². The first-order valence-corrected chi connectivity index (χ1v) is 19.2. The van der Waals surface area contributed by atoms with Crippen molar-refractivity contribution >= 4 is 55.4 Å². The Balaban J connectivity index is 1.19. The zero-order valence-electron chi connectivity index (χ0n) is 29.6. The highest BCUT2D eigenvalue weighted by Crippen LogP contribution is 2.62. The maximum Gasteiger partial charge on any atom is 0.0991 e. The van der Waals surface area contributed by atoms with Crippen LogP contribution in [0.25, 0.3) is 66.4 Å². The summed E-state index contributed by atoms with van der Waals surface area (Å²) in [6.07, 6.45) is 3.87. The van der Waals surface area contributed by atoms with Gasteiger partial charge in [0.15, 0.2) is 0 Å². The van der Waals surface area contributed by atoms with Crippen LogP contribution >= 0.6 is 11.8 Å². The average molecular weight is 731 g/mol. The SMILES string of the molecule is N#Cc1ccc2c(c1)c1cc(C#N)ccc1n2-c1ccc2c(c1)C1(c3ccccc3S2)c2cccnc2-c2ncc(-n3c4ccccc4c4ccccc43)cc21. The second-order valence-electron chi connectivity index (χ2n) is 14.4. The number of fused-ring (bicyclic) bond motifs is 15. The molecule has 5 heterocycles. The molecule has 0 bridgehead atoms. The Hall–Kier alpha value is -7.45. The van der Waals surface area contributed by atoms with Crippen molar-refractivity contribution in [3.8, 4) is 34.9 Å². The summed E-state index contributed by atoms with van der Waals surface area (Å²) in [5.41, 5.74) is 12.9. The molecular formula is C49H26N6S. The largest absolute Gasteiger partial charge is 0.309 e. The molecule has 0 radical (unpaired) electrons. The Morgan fingerprint density at radius 3 is 1.75 bits per heavy atom. The number of hydrogen-bond acceptors (Lipinski definition) is 5. The first-order valence-electron chi connectivity index (χ1n) is 18.4. The smallest absolute Gasteiger partial charge is 0.0991 e. The summed E-state index contributed by atoms with van der Waals surface area (Å²) in [6, 6.07) is 55.6. The summed E-state index contributed by atoms with van der Waals surface area (Å²) in [5, 5.41) is 24.0. The topological polar surface area (TPSA) is 83.2 Å². The minimum absolute atomic E-state index is 0.578. The molecule has 6 nitrogen and oxygen atoms in total. The fraction of sp³-hybridized carbons (Fsp3) is 0.0204. The fourth-order valence-electron chi connectivity index (χ4n) is 9.48. The first kappa shape index (κ1) is 31.0. The van der Waals surface area contributed by atoms with E-state index in [1.807, 2.05) is 54.9 Å². The summed E-state index contributed by atoms with van der Waals surface area (Å²) in [6.45, 7) is 0. The van der Waals surface area contributed by atoms with Crippen molar-refractivity contribution in [1.29, 1.82) is 10.5 Å². The van der Waals surface area contributed by atoms with Gasteiger partial charge in [-0.25, -0.2) is 0 Å². The summed E-state index contributed by atoms with van der Waals surface area (Å²) < 4.78 is 4.60. The minimum Gasteiger partial charge on any atom is -0.309 e. The van der Waals surface area contributed by atoms with Gasteiger partial charge in [-0.15, -0.1) is 0 Å². The van der Waals surface area contributed by atoms with Crippen LogP contribution in [0.2, 0.25) is 0 Å². The van der Waals surface area contributed by atoms with Crippen LogP contribution < -0.4 is 0 Å². The van der Waals surface area contributed by atoms with Gasteiger partial charge >= 0.3 is 0 Å². The summed E-state index contributed by atoms with van der Waals surface area (Å²) >= 11 is 1.79.